The summed E-state index contributed by atoms with van der Waals surface area (Å²) in [5, 5.41) is 22.0. The number of aliphatic hydroxyl groups excluding tert-OH is 2. The van der Waals surface area contributed by atoms with Crippen LogP contribution in [0, 0.1) is 0 Å². The number of halogens is 2. The van der Waals surface area contributed by atoms with Crippen LogP contribution in [0.5, 0.6) is 0 Å². The van der Waals surface area contributed by atoms with Crippen molar-refractivity contribution in [1.82, 2.24) is 14.9 Å². The summed E-state index contributed by atoms with van der Waals surface area (Å²) in [4.78, 5) is 13.1. The van der Waals surface area contributed by atoms with Gasteiger partial charge < -0.3 is 15.1 Å². The predicted molar refractivity (Wildman–Crippen MR) is 126 cm³/mol. The first kappa shape index (κ1) is 22.0. The van der Waals surface area contributed by atoms with Gasteiger partial charge in [0.25, 0.3) is 0 Å². The molecule has 2 N–H and O–H groups in total. The van der Waals surface area contributed by atoms with E-state index >= 15 is 0 Å². The minimum absolute atomic E-state index is 0.0280. The predicted octanol–water partition coefficient (Wildman–Crippen LogP) is 3.98. The molecule has 3 aromatic rings. The summed E-state index contributed by atoms with van der Waals surface area (Å²) in [6.07, 6.45) is 2.87. The highest BCUT2D eigenvalue weighted by Gasteiger charge is 2.31. The molecule has 0 amide bonds. The summed E-state index contributed by atoms with van der Waals surface area (Å²) in [5.41, 5.74) is 2.61. The molecule has 2 unspecified atom stereocenters. The van der Waals surface area contributed by atoms with Crippen LogP contribution < -0.4 is 4.90 Å². The van der Waals surface area contributed by atoms with E-state index in [4.69, 9.17) is 23.2 Å². The summed E-state index contributed by atoms with van der Waals surface area (Å²) in [6, 6.07) is 11.4. The van der Waals surface area contributed by atoms with E-state index in [9.17, 15) is 10.2 Å². The molecular weight excluding hydrogens is 435 g/mol. The Bertz CT molecular complexity index is 1080. The van der Waals surface area contributed by atoms with Crippen LogP contribution in [-0.2, 0) is 0 Å². The van der Waals surface area contributed by atoms with Crippen LogP contribution in [0.25, 0.3) is 22.0 Å². The van der Waals surface area contributed by atoms with Crippen molar-refractivity contribution < 1.29 is 10.2 Å². The maximum atomic E-state index is 10.3. The van der Waals surface area contributed by atoms with Crippen LogP contribution in [0.4, 0.5) is 5.82 Å². The lowest BCUT2D eigenvalue weighted by atomic mass is 10.0. The van der Waals surface area contributed by atoms with Gasteiger partial charge in [0.2, 0.25) is 0 Å². The maximum absolute atomic E-state index is 10.3. The largest absolute Gasteiger partial charge is 0.396 e. The van der Waals surface area contributed by atoms with Crippen molar-refractivity contribution in [3.8, 4) is 11.1 Å². The molecule has 2 atom stereocenters. The number of anilines is 1. The zero-order valence-electron chi connectivity index (χ0n) is 17.0. The van der Waals surface area contributed by atoms with Gasteiger partial charge in [-0.2, -0.15) is 0 Å². The molecule has 0 bridgehead atoms. The monoisotopic (exact) mass is 458 g/mol. The Morgan fingerprint density at radius 2 is 1.94 bits per heavy atom. The molecule has 1 aliphatic rings. The van der Waals surface area contributed by atoms with Gasteiger partial charge in [0.05, 0.1) is 10.5 Å². The second-order valence-electron chi connectivity index (χ2n) is 7.55. The number of nitrogens with zero attached hydrogens (tertiary/aromatic N) is 4. The zero-order valence-corrected chi connectivity index (χ0v) is 18.5. The first-order valence-corrected chi connectivity index (χ1v) is 10.9. The molecule has 0 radical (unpaired) electrons. The van der Waals surface area contributed by atoms with Crippen LogP contribution in [0.3, 0.4) is 0 Å². The van der Waals surface area contributed by atoms with Crippen LogP contribution >= 0.6 is 23.2 Å². The lowest BCUT2D eigenvalue weighted by Crippen LogP contribution is -2.56. The zero-order chi connectivity index (χ0) is 22.0. The molecule has 1 fully saturated rings. The third kappa shape index (κ3) is 4.54. The second kappa shape index (κ2) is 9.51. The normalized spacial score (nSPS) is 18.3. The highest BCUT2D eigenvalue weighted by Crippen LogP contribution is 2.35. The molecule has 1 aromatic heterocycles. The Kier molecular flexibility index (Phi) is 6.74. The molecule has 6 nitrogen and oxygen atoms in total. The van der Waals surface area contributed by atoms with Gasteiger partial charge in [-0.3, -0.25) is 4.90 Å². The van der Waals surface area contributed by atoms with Crippen molar-refractivity contribution in [2.45, 2.75) is 18.7 Å². The Hall–Kier alpha value is -2.22. The molecule has 0 spiro atoms. The summed E-state index contributed by atoms with van der Waals surface area (Å²) in [7, 11) is 0. The van der Waals surface area contributed by atoms with Crippen LogP contribution in [0.2, 0.25) is 10.0 Å². The van der Waals surface area contributed by atoms with E-state index < -0.39 is 6.23 Å². The van der Waals surface area contributed by atoms with Crippen molar-refractivity contribution in [3.63, 3.8) is 0 Å². The lowest BCUT2D eigenvalue weighted by molar-refractivity contribution is -0.00393. The molecule has 1 saturated heterocycles. The molecule has 8 heteroatoms. The number of piperazine rings is 1. The number of rotatable bonds is 6. The van der Waals surface area contributed by atoms with E-state index in [1.807, 2.05) is 41.3 Å². The van der Waals surface area contributed by atoms with E-state index in [1.54, 1.807) is 6.33 Å². The fourth-order valence-electron chi connectivity index (χ4n) is 4.12. The van der Waals surface area contributed by atoms with E-state index in [0.717, 1.165) is 27.8 Å². The molecule has 0 aliphatic carbocycles. The first-order valence-electron chi connectivity index (χ1n) is 10.1. The van der Waals surface area contributed by atoms with Crippen molar-refractivity contribution >= 4 is 39.9 Å². The fourth-order valence-corrected chi connectivity index (χ4v) is 4.51. The molecule has 162 valence electrons. The smallest absolute Gasteiger partial charge is 0.140 e. The van der Waals surface area contributed by atoms with Gasteiger partial charge in [-0.05, 0) is 42.3 Å². The molecular formula is C23H24Cl2N4O2. The molecule has 2 heterocycles. The molecule has 2 aromatic carbocycles. The maximum Gasteiger partial charge on any atom is 0.140 e. The number of fused-ring (bicyclic) bond motifs is 1. The number of hydrogen-bond acceptors (Lipinski definition) is 6. The van der Waals surface area contributed by atoms with Gasteiger partial charge in [0.15, 0.2) is 0 Å². The van der Waals surface area contributed by atoms with Crippen molar-refractivity contribution in [1.29, 1.82) is 0 Å². The lowest BCUT2D eigenvalue weighted by Gasteiger charge is -2.43. The van der Waals surface area contributed by atoms with E-state index in [-0.39, 0.29) is 12.6 Å². The Labute approximate surface area is 191 Å². The van der Waals surface area contributed by atoms with Gasteiger partial charge in [-0.15, -0.1) is 0 Å². The topological polar surface area (TPSA) is 72.7 Å². The second-order valence-corrected chi connectivity index (χ2v) is 8.40. The standard InChI is InChI=1S/C23H24Cl2N4O2/c1-2-22(31)29-9-8-28(13-17(29)7-10-30)23-19-11-18(15-3-5-16(24)6-4-15)20(25)12-21(19)26-14-27-23/h2-6,11-12,14,17,22,30-31H,1,7-10,13H2. The SMILES string of the molecule is C=CC(O)N1CCN(c2ncnc3cc(Cl)c(-c4ccc(Cl)cc4)cc23)CC1CCO. The van der Waals surface area contributed by atoms with Gasteiger partial charge in [0, 0.05) is 48.3 Å². The average molecular weight is 459 g/mol. The Morgan fingerprint density at radius 1 is 1.16 bits per heavy atom. The number of benzene rings is 2. The highest BCUT2D eigenvalue weighted by molar-refractivity contribution is 6.34. The molecule has 1 aliphatic heterocycles. The van der Waals surface area contributed by atoms with Crippen LogP contribution in [0.1, 0.15) is 6.42 Å². The summed E-state index contributed by atoms with van der Waals surface area (Å²) < 4.78 is 0. The van der Waals surface area contributed by atoms with Crippen LogP contribution in [0.15, 0.2) is 55.4 Å². The van der Waals surface area contributed by atoms with Crippen molar-refractivity contribution in [2.24, 2.45) is 0 Å². The van der Waals surface area contributed by atoms with Crippen molar-refractivity contribution in [2.75, 3.05) is 31.1 Å². The summed E-state index contributed by atoms with van der Waals surface area (Å²) in [6.45, 7) is 5.66. The average Bonchev–Trinajstić information content (AvgIpc) is 2.78. The summed E-state index contributed by atoms with van der Waals surface area (Å²) >= 11 is 12.6. The van der Waals surface area contributed by atoms with Gasteiger partial charge in [-0.1, -0.05) is 41.9 Å². The number of aliphatic hydroxyl groups is 2. The Balaban J connectivity index is 1.73. The van der Waals surface area contributed by atoms with E-state index in [2.05, 4.69) is 21.4 Å². The quantitative estimate of drug-likeness (QED) is 0.544. The van der Waals surface area contributed by atoms with Crippen LogP contribution in [-0.4, -0.2) is 63.6 Å². The van der Waals surface area contributed by atoms with Gasteiger partial charge in [-0.25, -0.2) is 9.97 Å². The van der Waals surface area contributed by atoms with Gasteiger partial charge in [0.1, 0.15) is 18.4 Å². The fraction of sp³-hybridized carbons (Fsp3) is 0.304. The molecule has 0 saturated carbocycles. The summed E-state index contributed by atoms with van der Waals surface area (Å²) in [5.74, 6) is 0.813. The van der Waals surface area contributed by atoms with Gasteiger partial charge >= 0.3 is 0 Å². The first-order chi connectivity index (χ1) is 15.0. The molecule has 31 heavy (non-hydrogen) atoms. The van der Waals surface area contributed by atoms with E-state index in [1.165, 1.54) is 6.08 Å². The Morgan fingerprint density at radius 3 is 2.65 bits per heavy atom. The number of hydrogen-bond donors (Lipinski definition) is 2. The highest BCUT2D eigenvalue weighted by atomic mass is 35.5. The van der Waals surface area contributed by atoms with E-state index in [0.29, 0.717) is 36.1 Å². The van der Waals surface area contributed by atoms with Crippen molar-refractivity contribution in [3.05, 3.63) is 65.4 Å². The number of aromatic nitrogens is 2. The minimum Gasteiger partial charge on any atom is -0.396 e. The third-order valence-corrected chi connectivity index (χ3v) is 6.26. The minimum atomic E-state index is -0.740. The third-order valence-electron chi connectivity index (χ3n) is 5.70. The molecule has 4 rings (SSSR count).